The van der Waals surface area contributed by atoms with Crippen molar-refractivity contribution < 1.29 is 9.18 Å². The standard InChI is InChI=1S/C20H12BrClFN5OS/c21-11-1-7-16(22)15(9-11)19(29)25-20(30)24-13-4-8-17-18(10-13)27-28(26-17)14-5-2-12(23)3-6-14/h1-10H,(H2,24,25,29,30). The number of hydrogen-bond acceptors (Lipinski definition) is 4. The van der Waals surface area contributed by atoms with E-state index in [1.165, 1.54) is 16.9 Å². The third kappa shape index (κ3) is 4.48. The van der Waals surface area contributed by atoms with Crippen molar-refractivity contribution >= 4 is 67.5 Å². The third-order valence-electron chi connectivity index (χ3n) is 4.10. The van der Waals surface area contributed by atoms with Gasteiger partial charge in [0.1, 0.15) is 16.9 Å². The van der Waals surface area contributed by atoms with Crippen molar-refractivity contribution in [2.24, 2.45) is 0 Å². The first-order chi connectivity index (χ1) is 14.4. The van der Waals surface area contributed by atoms with E-state index in [1.54, 1.807) is 48.5 Å². The van der Waals surface area contributed by atoms with Gasteiger partial charge in [-0.2, -0.15) is 4.80 Å². The minimum Gasteiger partial charge on any atom is -0.332 e. The minimum absolute atomic E-state index is 0.112. The van der Waals surface area contributed by atoms with E-state index in [0.717, 1.165) is 4.47 Å². The molecule has 3 aromatic carbocycles. The predicted molar refractivity (Wildman–Crippen MR) is 122 cm³/mol. The highest BCUT2D eigenvalue weighted by molar-refractivity contribution is 9.10. The highest BCUT2D eigenvalue weighted by Crippen LogP contribution is 2.21. The molecule has 1 heterocycles. The van der Waals surface area contributed by atoms with Crippen LogP contribution in [-0.4, -0.2) is 26.0 Å². The molecule has 0 aliphatic rings. The number of halogens is 3. The predicted octanol–water partition coefficient (Wildman–Crippen LogP) is 5.10. The molecule has 0 fully saturated rings. The maximum Gasteiger partial charge on any atom is 0.258 e. The van der Waals surface area contributed by atoms with Crippen molar-refractivity contribution in [3.63, 3.8) is 0 Å². The Balaban J connectivity index is 1.49. The molecule has 0 aliphatic heterocycles. The first-order valence-corrected chi connectivity index (χ1v) is 10.2. The van der Waals surface area contributed by atoms with Crippen LogP contribution in [0.15, 0.2) is 65.1 Å². The molecule has 6 nitrogen and oxygen atoms in total. The molecule has 1 amide bonds. The van der Waals surface area contributed by atoms with E-state index in [2.05, 4.69) is 36.8 Å². The van der Waals surface area contributed by atoms with Crippen molar-refractivity contribution in [1.82, 2.24) is 20.3 Å². The number of anilines is 1. The number of carbonyl (C=O) groups is 1. The van der Waals surface area contributed by atoms with Gasteiger partial charge < -0.3 is 5.32 Å². The van der Waals surface area contributed by atoms with Gasteiger partial charge in [0.25, 0.3) is 5.91 Å². The van der Waals surface area contributed by atoms with Crippen molar-refractivity contribution in [2.75, 3.05) is 5.32 Å². The summed E-state index contributed by atoms with van der Waals surface area (Å²) < 4.78 is 13.8. The molecule has 0 saturated carbocycles. The molecule has 0 spiro atoms. The van der Waals surface area contributed by atoms with Crippen LogP contribution in [0.4, 0.5) is 10.1 Å². The van der Waals surface area contributed by atoms with Crippen molar-refractivity contribution in [2.45, 2.75) is 0 Å². The monoisotopic (exact) mass is 503 g/mol. The Morgan fingerprint density at radius 1 is 1.03 bits per heavy atom. The van der Waals surface area contributed by atoms with Crippen molar-refractivity contribution in [1.29, 1.82) is 0 Å². The van der Waals surface area contributed by atoms with E-state index < -0.39 is 5.91 Å². The van der Waals surface area contributed by atoms with E-state index >= 15 is 0 Å². The Bertz CT molecular complexity index is 1280. The SMILES string of the molecule is O=C(NC(=S)Nc1ccc2nn(-c3ccc(F)cc3)nc2c1)c1cc(Br)ccc1Cl. The average Bonchev–Trinajstić information content (AvgIpc) is 3.13. The highest BCUT2D eigenvalue weighted by Gasteiger charge is 2.13. The first-order valence-electron chi connectivity index (χ1n) is 8.59. The Kier molecular flexibility index (Phi) is 5.76. The summed E-state index contributed by atoms with van der Waals surface area (Å²) in [5.41, 5.74) is 2.82. The normalized spacial score (nSPS) is 10.8. The van der Waals surface area contributed by atoms with Crippen molar-refractivity contribution in [3.05, 3.63) is 81.5 Å². The minimum atomic E-state index is -0.429. The van der Waals surface area contributed by atoms with Crippen LogP contribution < -0.4 is 10.6 Å². The second kappa shape index (κ2) is 8.47. The third-order valence-corrected chi connectivity index (χ3v) is 5.12. The Hall–Kier alpha value is -2.88. The van der Waals surface area contributed by atoms with Crippen LogP contribution in [0.25, 0.3) is 16.7 Å². The molecule has 2 N–H and O–H groups in total. The summed E-state index contributed by atoms with van der Waals surface area (Å²) >= 11 is 14.6. The van der Waals surface area contributed by atoms with E-state index in [1.807, 2.05) is 0 Å². The smallest absolute Gasteiger partial charge is 0.258 e. The average molecular weight is 505 g/mol. The maximum absolute atomic E-state index is 13.1. The van der Waals surface area contributed by atoms with Gasteiger partial charge in [0.2, 0.25) is 0 Å². The Morgan fingerprint density at radius 2 is 1.77 bits per heavy atom. The molecular weight excluding hydrogens is 493 g/mol. The molecule has 4 aromatic rings. The van der Waals surface area contributed by atoms with Crippen LogP contribution in [0.5, 0.6) is 0 Å². The number of rotatable bonds is 3. The van der Waals surface area contributed by atoms with Gasteiger partial charge in [-0.05, 0) is 72.9 Å². The zero-order chi connectivity index (χ0) is 21.3. The van der Waals surface area contributed by atoms with Gasteiger partial charge in [-0.3, -0.25) is 10.1 Å². The van der Waals surface area contributed by atoms with Crippen molar-refractivity contribution in [3.8, 4) is 5.69 Å². The lowest BCUT2D eigenvalue weighted by Gasteiger charge is -2.10. The molecule has 0 unspecified atom stereocenters. The van der Waals surface area contributed by atoms with Crippen LogP contribution in [0.1, 0.15) is 10.4 Å². The number of aromatic nitrogens is 3. The number of nitrogens with one attached hydrogen (secondary N) is 2. The largest absolute Gasteiger partial charge is 0.332 e. The van der Waals surface area contributed by atoms with E-state index in [0.29, 0.717) is 33.0 Å². The highest BCUT2D eigenvalue weighted by atomic mass is 79.9. The van der Waals surface area contributed by atoms with Gasteiger partial charge in [-0.25, -0.2) is 4.39 Å². The summed E-state index contributed by atoms with van der Waals surface area (Å²) in [5, 5.41) is 14.7. The molecule has 0 saturated heterocycles. The van der Waals surface area contributed by atoms with Gasteiger partial charge in [0.05, 0.1) is 16.3 Å². The van der Waals surface area contributed by atoms with Gasteiger partial charge in [-0.1, -0.05) is 27.5 Å². The molecule has 0 aliphatic carbocycles. The quantitative estimate of drug-likeness (QED) is 0.380. The molecule has 10 heteroatoms. The van der Waals surface area contributed by atoms with Crippen LogP contribution in [0.3, 0.4) is 0 Å². The molecule has 150 valence electrons. The van der Waals surface area contributed by atoms with Crippen LogP contribution in [0.2, 0.25) is 5.02 Å². The topological polar surface area (TPSA) is 71.8 Å². The number of carbonyl (C=O) groups excluding carboxylic acids is 1. The zero-order valence-electron chi connectivity index (χ0n) is 15.1. The van der Waals surface area contributed by atoms with Gasteiger partial charge in [0, 0.05) is 10.2 Å². The van der Waals surface area contributed by atoms with E-state index in [4.69, 9.17) is 23.8 Å². The number of amides is 1. The maximum atomic E-state index is 13.1. The Morgan fingerprint density at radius 3 is 2.53 bits per heavy atom. The van der Waals surface area contributed by atoms with Crippen LogP contribution >= 0.6 is 39.7 Å². The van der Waals surface area contributed by atoms with Gasteiger partial charge in [0.15, 0.2) is 5.11 Å². The number of benzene rings is 3. The number of nitrogens with zero attached hydrogens (tertiary/aromatic N) is 3. The summed E-state index contributed by atoms with van der Waals surface area (Å²) in [7, 11) is 0. The lowest BCUT2D eigenvalue weighted by molar-refractivity contribution is 0.0978. The van der Waals surface area contributed by atoms with Gasteiger partial charge in [-0.15, -0.1) is 10.2 Å². The lowest BCUT2D eigenvalue weighted by Crippen LogP contribution is -2.34. The fourth-order valence-electron chi connectivity index (χ4n) is 2.69. The summed E-state index contributed by atoms with van der Waals surface area (Å²) in [6.45, 7) is 0. The number of hydrogen-bond donors (Lipinski definition) is 2. The van der Waals surface area contributed by atoms with E-state index in [-0.39, 0.29) is 10.9 Å². The molecule has 0 bridgehead atoms. The lowest BCUT2D eigenvalue weighted by atomic mass is 10.2. The first kappa shape index (κ1) is 20.4. The van der Waals surface area contributed by atoms with Gasteiger partial charge >= 0.3 is 0 Å². The second-order valence-corrected chi connectivity index (χ2v) is 7.93. The summed E-state index contributed by atoms with van der Waals surface area (Å²) in [5.74, 6) is -0.760. The van der Waals surface area contributed by atoms with E-state index in [9.17, 15) is 9.18 Å². The fraction of sp³-hybridized carbons (Fsp3) is 0. The molecule has 1 aromatic heterocycles. The number of thiocarbonyl (C=S) groups is 1. The molecule has 30 heavy (non-hydrogen) atoms. The summed E-state index contributed by atoms with van der Waals surface area (Å²) in [6.07, 6.45) is 0. The summed E-state index contributed by atoms with van der Waals surface area (Å²) in [4.78, 5) is 13.8. The zero-order valence-corrected chi connectivity index (χ0v) is 18.2. The molecule has 0 radical (unpaired) electrons. The second-order valence-electron chi connectivity index (χ2n) is 6.20. The molecule has 0 atom stereocenters. The molecular formula is C20H12BrClFN5OS. The number of fused-ring (bicyclic) bond motifs is 1. The fourth-order valence-corrected chi connectivity index (χ4v) is 3.46. The summed E-state index contributed by atoms with van der Waals surface area (Å²) in [6, 6.07) is 16.1. The molecule has 4 rings (SSSR count). The Labute approximate surface area is 189 Å². The van der Waals surface area contributed by atoms with Crippen LogP contribution in [0, 0.1) is 5.82 Å². The van der Waals surface area contributed by atoms with Crippen LogP contribution in [-0.2, 0) is 0 Å².